The van der Waals surface area contributed by atoms with Gasteiger partial charge in [-0.1, -0.05) is 17.7 Å². The first-order chi connectivity index (χ1) is 14.1. The molecule has 10 heteroatoms. The Kier molecular flexibility index (Phi) is 7.48. The van der Waals surface area contributed by atoms with Crippen molar-refractivity contribution in [2.45, 2.75) is 13.3 Å². The summed E-state index contributed by atoms with van der Waals surface area (Å²) in [7, 11) is 0. The zero-order valence-electron chi connectivity index (χ0n) is 15.6. The molecule has 0 unspecified atom stereocenters. The topological polar surface area (TPSA) is 97.1 Å². The number of hydrogen-bond donors (Lipinski definition) is 3. The molecule has 2 aromatic rings. The number of allylic oxidation sites excluding steroid dienone is 1. The molecule has 0 saturated heterocycles. The molecule has 0 radical (unpaired) electrons. The second-order valence-corrected chi connectivity index (χ2v) is 6.45. The van der Waals surface area contributed by atoms with Gasteiger partial charge in [-0.15, -0.1) is 0 Å². The summed E-state index contributed by atoms with van der Waals surface area (Å²) in [4.78, 5) is 24.9. The lowest BCUT2D eigenvalue weighted by molar-refractivity contribution is -0.119. The van der Waals surface area contributed by atoms with E-state index in [-0.39, 0.29) is 22.8 Å². The Morgan fingerprint density at radius 3 is 2.40 bits per heavy atom. The fourth-order valence-corrected chi connectivity index (χ4v) is 2.72. The molecule has 0 aromatic heterocycles. The highest BCUT2D eigenvalue weighted by atomic mass is 35.5. The molecule has 30 heavy (non-hydrogen) atoms. The van der Waals surface area contributed by atoms with Gasteiger partial charge in [-0.25, -0.2) is 13.2 Å². The Labute approximate surface area is 175 Å². The zero-order chi connectivity index (χ0) is 22.4. The molecule has 2 rings (SSSR count). The summed E-state index contributed by atoms with van der Waals surface area (Å²) >= 11 is 5.88. The van der Waals surface area contributed by atoms with Crippen LogP contribution in [-0.2, 0) is 16.0 Å². The third-order valence-electron chi connectivity index (χ3n) is 3.81. The fourth-order valence-electron chi connectivity index (χ4n) is 2.48. The van der Waals surface area contributed by atoms with E-state index in [1.165, 1.54) is 6.07 Å². The largest absolute Gasteiger partial charge is 0.324 e. The second kappa shape index (κ2) is 9.84. The van der Waals surface area contributed by atoms with Crippen molar-refractivity contribution in [3.05, 3.63) is 76.2 Å². The molecule has 2 aromatic carbocycles. The van der Waals surface area contributed by atoms with Crippen LogP contribution in [0.25, 0.3) is 0 Å². The number of benzene rings is 2. The quantitative estimate of drug-likeness (QED) is 0.471. The third kappa shape index (κ3) is 5.77. The fraction of sp³-hybridized carbons (Fsp3) is 0.100. The summed E-state index contributed by atoms with van der Waals surface area (Å²) in [6, 6.07) is 6.21. The first-order valence-electron chi connectivity index (χ1n) is 8.42. The van der Waals surface area contributed by atoms with E-state index >= 15 is 0 Å². The number of nitrogens with zero attached hydrogens (tertiary/aromatic N) is 1. The zero-order valence-corrected chi connectivity index (χ0v) is 16.4. The van der Waals surface area contributed by atoms with Crippen LogP contribution < -0.4 is 10.2 Å². The van der Waals surface area contributed by atoms with E-state index in [2.05, 4.69) is 5.32 Å². The van der Waals surface area contributed by atoms with E-state index < -0.39 is 35.1 Å². The summed E-state index contributed by atoms with van der Waals surface area (Å²) in [5.74, 6) is -4.64. The predicted octanol–water partition coefficient (Wildman–Crippen LogP) is 3.98. The number of rotatable bonds is 6. The summed E-state index contributed by atoms with van der Waals surface area (Å²) in [6.45, 7) is 1.11. The van der Waals surface area contributed by atoms with Crippen LogP contribution >= 0.6 is 11.6 Å². The van der Waals surface area contributed by atoms with Gasteiger partial charge in [0, 0.05) is 30.3 Å². The first-order valence-corrected chi connectivity index (χ1v) is 8.80. The van der Waals surface area contributed by atoms with Crippen LogP contribution in [0.15, 0.2) is 48.2 Å². The van der Waals surface area contributed by atoms with Gasteiger partial charge in [-0.2, -0.15) is 0 Å². The van der Waals surface area contributed by atoms with Crippen molar-refractivity contribution in [1.29, 1.82) is 10.8 Å². The number of anilines is 1. The Morgan fingerprint density at radius 1 is 1.13 bits per heavy atom. The highest BCUT2D eigenvalue weighted by Crippen LogP contribution is 2.20. The van der Waals surface area contributed by atoms with Gasteiger partial charge < -0.3 is 10.7 Å². The maximum atomic E-state index is 13.5. The van der Waals surface area contributed by atoms with Crippen LogP contribution in [0.5, 0.6) is 0 Å². The van der Waals surface area contributed by atoms with Gasteiger partial charge in [-0.05, 0) is 29.8 Å². The molecule has 6 nitrogen and oxygen atoms in total. The van der Waals surface area contributed by atoms with E-state index in [0.717, 1.165) is 54.4 Å². The van der Waals surface area contributed by atoms with Crippen LogP contribution in [0.4, 0.5) is 18.9 Å². The lowest BCUT2D eigenvalue weighted by Gasteiger charge is -2.20. The number of amidine groups is 1. The minimum atomic E-state index is -1.20. The average Bonchev–Trinajstić information content (AvgIpc) is 2.66. The van der Waals surface area contributed by atoms with Gasteiger partial charge >= 0.3 is 0 Å². The highest BCUT2D eigenvalue weighted by Gasteiger charge is 2.18. The van der Waals surface area contributed by atoms with Crippen molar-refractivity contribution < 1.29 is 22.8 Å². The smallest absolute Gasteiger partial charge is 0.229 e. The van der Waals surface area contributed by atoms with Crippen LogP contribution in [0.2, 0.25) is 5.02 Å². The van der Waals surface area contributed by atoms with E-state index in [1.807, 2.05) is 0 Å². The molecule has 0 bridgehead atoms. The van der Waals surface area contributed by atoms with Crippen LogP contribution in [-0.4, -0.2) is 23.9 Å². The molecule has 2 amide bonds. The Hall–Kier alpha value is -3.46. The first kappa shape index (κ1) is 22.8. The van der Waals surface area contributed by atoms with Crippen molar-refractivity contribution >= 4 is 41.2 Å². The van der Waals surface area contributed by atoms with Gasteiger partial charge in [0.15, 0.2) is 11.6 Å². The molecule has 0 aliphatic rings. The van der Waals surface area contributed by atoms with Crippen molar-refractivity contribution in [2.75, 3.05) is 4.90 Å². The lowest BCUT2D eigenvalue weighted by Crippen LogP contribution is -2.35. The molecule has 156 valence electrons. The van der Waals surface area contributed by atoms with Crippen LogP contribution in [0, 0.1) is 28.3 Å². The van der Waals surface area contributed by atoms with Gasteiger partial charge in [0.2, 0.25) is 11.8 Å². The molecule has 0 heterocycles. The van der Waals surface area contributed by atoms with Crippen molar-refractivity contribution in [3.8, 4) is 0 Å². The van der Waals surface area contributed by atoms with E-state index in [1.54, 1.807) is 0 Å². The normalized spacial score (nSPS) is 11.0. The number of carbonyl (C=O) groups is 2. The minimum absolute atomic E-state index is 0.0550. The highest BCUT2D eigenvalue weighted by molar-refractivity contribution is 6.31. The molecule has 0 saturated carbocycles. The molecule has 3 N–H and O–H groups in total. The maximum absolute atomic E-state index is 13.5. The van der Waals surface area contributed by atoms with E-state index in [9.17, 15) is 22.8 Å². The van der Waals surface area contributed by atoms with E-state index in [4.69, 9.17) is 22.4 Å². The van der Waals surface area contributed by atoms with Crippen molar-refractivity contribution in [2.24, 2.45) is 0 Å². The molecule has 0 aliphatic heterocycles. The summed E-state index contributed by atoms with van der Waals surface area (Å²) in [5.41, 5.74) is 0.107. The number of nitrogens with one attached hydrogen (secondary N) is 3. The summed E-state index contributed by atoms with van der Waals surface area (Å²) in [5, 5.41) is 17.9. The monoisotopic (exact) mass is 436 g/mol. The minimum Gasteiger partial charge on any atom is -0.324 e. The standard InChI is InChI=1S/C20H16ClF3N4O2/c1-11(29)28(15-4-5-17(23)18(24)9-15)19(26)8-14(10-25)27-20(30)6-12-2-3-13(22)7-16(12)21/h2-5,7-10,25-26H,6H2,1H3,(H,27,30)/b14-8+,25-10?,26-19?. The van der Waals surface area contributed by atoms with E-state index in [0.29, 0.717) is 5.56 Å². The van der Waals surface area contributed by atoms with Gasteiger partial charge in [0.25, 0.3) is 0 Å². The Morgan fingerprint density at radius 2 is 1.83 bits per heavy atom. The molecule has 0 fully saturated rings. The Balaban J connectivity index is 2.20. The number of hydrogen-bond acceptors (Lipinski definition) is 4. The van der Waals surface area contributed by atoms with Crippen LogP contribution in [0.3, 0.4) is 0 Å². The second-order valence-electron chi connectivity index (χ2n) is 6.04. The molecular formula is C20H16ClF3N4O2. The third-order valence-corrected chi connectivity index (χ3v) is 4.17. The summed E-state index contributed by atoms with van der Waals surface area (Å²) < 4.78 is 39.8. The molecular weight excluding hydrogens is 421 g/mol. The van der Waals surface area contributed by atoms with Crippen molar-refractivity contribution in [3.63, 3.8) is 0 Å². The lowest BCUT2D eigenvalue weighted by atomic mass is 10.1. The SMILES string of the molecule is CC(=O)N(C(=N)/C=C(\C=N)NC(=O)Cc1ccc(F)cc1Cl)c1ccc(F)c(F)c1. The number of carbonyl (C=O) groups excluding carboxylic acids is 2. The molecule has 0 atom stereocenters. The Bertz CT molecular complexity index is 1060. The van der Waals surface area contributed by atoms with Gasteiger partial charge in [0.05, 0.1) is 17.8 Å². The average molecular weight is 437 g/mol. The summed E-state index contributed by atoms with van der Waals surface area (Å²) in [6.07, 6.45) is 1.51. The molecule has 0 aliphatic carbocycles. The van der Waals surface area contributed by atoms with Gasteiger partial charge in [-0.3, -0.25) is 19.9 Å². The predicted molar refractivity (Wildman–Crippen MR) is 107 cm³/mol. The van der Waals surface area contributed by atoms with Crippen molar-refractivity contribution in [1.82, 2.24) is 5.32 Å². The van der Waals surface area contributed by atoms with Gasteiger partial charge in [0.1, 0.15) is 11.7 Å². The molecule has 0 spiro atoms. The maximum Gasteiger partial charge on any atom is 0.229 e. The number of amides is 2. The number of halogens is 4. The van der Waals surface area contributed by atoms with Crippen LogP contribution in [0.1, 0.15) is 12.5 Å².